The highest BCUT2D eigenvalue weighted by Crippen LogP contribution is 2.35. The molecule has 0 aliphatic carbocycles. The minimum atomic E-state index is -0.714. The van der Waals surface area contributed by atoms with Crippen molar-refractivity contribution in [1.29, 1.82) is 0 Å². The van der Waals surface area contributed by atoms with Crippen LogP contribution < -0.4 is 0 Å². The molecule has 318 valence electrons. The normalized spacial score (nSPS) is 11.1. The molecule has 0 amide bonds. The van der Waals surface area contributed by atoms with Crippen LogP contribution in [0.3, 0.4) is 0 Å². The predicted octanol–water partition coefficient (Wildman–Crippen LogP) is 15.0. The number of unbranched alkanes of at least 4 members (excludes halogenated alkanes) is 15. The van der Waals surface area contributed by atoms with Gasteiger partial charge in [0.1, 0.15) is 0 Å². The van der Waals surface area contributed by atoms with E-state index in [1.54, 1.807) is 0 Å². The summed E-state index contributed by atoms with van der Waals surface area (Å²) in [7, 11) is 0. The number of esters is 3. The van der Waals surface area contributed by atoms with Gasteiger partial charge in [-0.1, -0.05) is 185 Å². The summed E-state index contributed by atoms with van der Waals surface area (Å²) in [5.41, 5.74) is -0.217. The Kier molecular flexibility index (Phi) is 45.4. The molecule has 0 heterocycles. The van der Waals surface area contributed by atoms with Gasteiger partial charge in [0.05, 0.1) is 23.2 Å². The summed E-state index contributed by atoms with van der Waals surface area (Å²) in [4.78, 5) is 37.6. The number of rotatable bonds is 29. The molecule has 1 unspecified atom stereocenters. The molecule has 0 aliphatic heterocycles. The molecule has 1 aromatic carbocycles. The van der Waals surface area contributed by atoms with E-state index < -0.39 is 23.6 Å². The zero-order valence-corrected chi connectivity index (χ0v) is 31.7. The summed E-state index contributed by atoms with van der Waals surface area (Å²) < 4.78 is 16.0. The Balaban J connectivity index is -0.000000920. The molecular formula is C46H92O6S. The lowest BCUT2D eigenvalue weighted by Gasteiger charge is -2.27. The summed E-state index contributed by atoms with van der Waals surface area (Å²) in [6, 6.07) is 10.2. The van der Waals surface area contributed by atoms with E-state index in [-0.39, 0.29) is 68.2 Å². The minimum Gasteiger partial charge on any atom is -0.465 e. The largest absolute Gasteiger partial charge is 0.465 e. The number of hydrogen-bond donors (Lipinski definition) is 0. The van der Waals surface area contributed by atoms with Crippen LogP contribution in [0.5, 0.6) is 0 Å². The number of thioether (sulfide) groups is 1. The molecule has 0 bridgehead atoms. The maximum atomic E-state index is 12.7. The van der Waals surface area contributed by atoms with Crippen LogP contribution in [0.15, 0.2) is 30.3 Å². The topological polar surface area (TPSA) is 78.9 Å². The number of ether oxygens (including phenoxy) is 3. The Morgan fingerprint density at radius 1 is 0.585 bits per heavy atom. The maximum Gasteiger partial charge on any atom is 0.318 e. The summed E-state index contributed by atoms with van der Waals surface area (Å²) in [5.74, 6) is -0.361. The molecule has 1 aromatic rings. The molecule has 0 saturated heterocycles. The van der Waals surface area contributed by atoms with Gasteiger partial charge in [-0.3, -0.25) is 14.4 Å². The second-order valence-electron chi connectivity index (χ2n) is 14.5. The van der Waals surface area contributed by atoms with E-state index in [0.29, 0.717) is 18.8 Å². The zero-order chi connectivity index (χ0) is 34.8. The van der Waals surface area contributed by atoms with Gasteiger partial charge in [-0.05, 0) is 58.4 Å². The molecule has 53 heavy (non-hydrogen) atoms. The summed E-state index contributed by atoms with van der Waals surface area (Å²) >= 11 is 1.32. The summed E-state index contributed by atoms with van der Waals surface area (Å²) in [6.45, 7) is 11.8. The standard InChI is InChI=1S/C40H68O6S.6CH4/c1-7-9-10-11-12-13-14-15-16-17-18-19-20-21-22-26-29-44-38(43)40(5,6)32-47-31-36(41)45-33-46-37(42)39(3,4)30-34(8-2)35-27-24-23-25-28-35;;;;;;/h23-25,27-28,34H,7-22,26,29-33H2,1-6H3;6*1H4. The summed E-state index contributed by atoms with van der Waals surface area (Å²) in [6.07, 6.45) is 22.5. The van der Waals surface area contributed by atoms with E-state index in [2.05, 4.69) is 26.0 Å². The fraction of sp³-hybridized carbons (Fsp3) is 0.804. The van der Waals surface area contributed by atoms with Crippen molar-refractivity contribution in [1.82, 2.24) is 0 Å². The van der Waals surface area contributed by atoms with E-state index >= 15 is 0 Å². The highest BCUT2D eigenvalue weighted by atomic mass is 32.2. The van der Waals surface area contributed by atoms with E-state index in [9.17, 15) is 14.4 Å². The maximum absolute atomic E-state index is 12.7. The SMILES string of the molecule is C.C.C.C.C.C.CCCCCCCCCCCCCCCCCCOC(=O)C(C)(C)CSCC(=O)OCOC(=O)C(C)(C)CC(CC)c1ccccc1. The molecule has 0 saturated carbocycles. The Hall–Kier alpha value is -2.02. The number of carbonyl (C=O) groups is 3. The molecule has 1 rings (SSSR count). The molecule has 7 heteroatoms. The number of hydrogen-bond acceptors (Lipinski definition) is 7. The smallest absolute Gasteiger partial charge is 0.318 e. The molecule has 0 aromatic heterocycles. The Morgan fingerprint density at radius 2 is 1.02 bits per heavy atom. The van der Waals surface area contributed by atoms with E-state index in [4.69, 9.17) is 14.2 Å². The lowest BCUT2D eigenvalue weighted by atomic mass is 9.79. The summed E-state index contributed by atoms with van der Waals surface area (Å²) in [5, 5.41) is 0. The predicted molar refractivity (Wildman–Crippen MR) is 237 cm³/mol. The zero-order valence-electron chi connectivity index (χ0n) is 30.9. The number of benzene rings is 1. The second-order valence-corrected chi connectivity index (χ2v) is 15.5. The van der Waals surface area contributed by atoms with Crippen molar-refractivity contribution >= 4 is 29.7 Å². The van der Waals surface area contributed by atoms with Gasteiger partial charge in [-0.15, -0.1) is 11.8 Å². The van der Waals surface area contributed by atoms with Gasteiger partial charge in [0.25, 0.3) is 0 Å². The Morgan fingerprint density at radius 3 is 1.47 bits per heavy atom. The average Bonchev–Trinajstić information content (AvgIpc) is 3.05. The molecule has 0 spiro atoms. The first-order valence-electron chi connectivity index (χ1n) is 18.7. The average molecular weight is 773 g/mol. The fourth-order valence-corrected chi connectivity index (χ4v) is 6.75. The van der Waals surface area contributed by atoms with Crippen molar-refractivity contribution in [3.63, 3.8) is 0 Å². The van der Waals surface area contributed by atoms with Crippen molar-refractivity contribution < 1.29 is 28.6 Å². The quantitative estimate of drug-likeness (QED) is 0.0456. The van der Waals surface area contributed by atoms with Crippen LogP contribution in [0.25, 0.3) is 0 Å². The third kappa shape index (κ3) is 30.9. The number of carbonyl (C=O) groups excluding carboxylic acids is 3. The van der Waals surface area contributed by atoms with Gasteiger partial charge >= 0.3 is 17.9 Å². The van der Waals surface area contributed by atoms with Crippen LogP contribution in [0.4, 0.5) is 0 Å². The highest BCUT2D eigenvalue weighted by Gasteiger charge is 2.33. The first-order chi connectivity index (χ1) is 22.5. The van der Waals surface area contributed by atoms with Crippen LogP contribution in [-0.4, -0.2) is 42.8 Å². The van der Waals surface area contributed by atoms with E-state index in [1.807, 2.05) is 45.9 Å². The molecule has 0 fully saturated rings. The first-order valence-corrected chi connectivity index (χ1v) is 19.8. The lowest BCUT2D eigenvalue weighted by Crippen LogP contribution is -2.30. The van der Waals surface area contributed by atoms with Crippen LogP contribution in [0.2, 0.25) is 0 Å². The van der Waals surface area contributed by atoms with Gasteiger partial charge < -0.3 is 14.2 Å². The molecular weight excluding hydrogens is 681 g/mol. The van der Waals surface area contributed by atoms with E-state index in [1.165, 1.54) is 107 Å². The van der Waals surface area contributed by atoms with Crippen molar-refractivity contribution in [3.8, 4) is 0 Å². The Bertz CT molecular complexity index is 962. The highest BCUT2D eigenvalue weighted by molar-refractivity contribution is 7.99. The van der Waals surface area contributed by atoms with Gasteiger partial charge in [-0.2, -0.15) is 0 Å². The van der Waals surface area contributed by atoms with Crippen LogP contribution in [-0.2, 0) is 28.6 Å². The lowest BCUT2D eigenvalue weighted by molar-refractivity contribution is -0.173. The molecule has 6 nitrogen and oxygen atoms in total. The second kappa shape index (κ2) is 38.3. The van der Waals surface area contributed by atoms with Crippen molar-refractivity contribution in [3.05, 3.63) is 35.9 Å². The Labute approximate surface area is 336 Å². The third-order valence-corrected chi connectivity index (χ3v) is 10.3. The van der Waals surface area contributed by atoms with Crippen molar-refractivity contribution in [2.45, 2.75) is 208 Å². The van der Waals surface area contributed by atoms with Crippen molar-refractivity contribution in [2.75, 3.05) is 24.9 Å². The van der Waals surface area contributed by atoms with Gasteiger partial charge in [0, 0.05) is 5.75 Å². The first kappa shape index (κ1) is 62.9. The molecule has 1 atom stereocenters. The third-order valence-electron chi connectivity index (χ3n) is 8.95. The molecule has 0 aliphatic rings. The molecule has 0 N–H and O–H groups in total. The molecule has 0 radical (unpaired) electrons. The monoisotopic (exact) mass is 773 g/mol. The van der Waals surface area contributed by atoms with Crippen LogP contribution in [0, 0.1) is 10.8 Å². The van der Waals surface area contributed by atoms with Gasteiger partial charge in [0.15, 0.2) is 0 Å². The fourth-order valence-electron chi connectivity index (χ4n) is 5.77. The van der Waals surface area contributed by atoms with Crippen molar-refractivity contribution in [2.24, 2.45) is 10.8 Å². The van der Waals surface area contributed by atoms with Gasteiger partial charge in [-0.25, -0.2) is 0 Å². The minimum absolute atomic E-state index is 0. The van der Waals surface area contributed by atoms with Gasteiger partial charge in [0.2, 0.25) is 6.79 Å². The van der Waals surface area contributed by atoms with E-state index in [0.717, 1.165) is 19.3 Å². The van der Waals surface area contributed by atoms with Crippen LogP contribution in [0.1, 0.15) is 213 Å². The van der Waals surface area contributed by atoms with Crippen LogP contribution >= 0.6 is 11.8 Å².